The van der Waals surface area contributed by atoms with Crippen molar-refractivity contribution in [2.75, 3.05) is 31.8 Å². The van der Waals surface area contributed by atoms with Crippen LogP contribution in [0.25, 0.3) is 50.7 Å². The predicted octanol–water partition coefficient (Wildman–Crippen LogP) is 4.77. The largest absolute Gasteiger partial charge is 0.494 e. The van der Waals surface area contributed by atoms with Crippen molar-refractivity contribution in [3.05, 3.63) is 84.6 Å². The Balaban J connectivity index is 1.64. The Bertz CT molecular complexity index is 2110. The zero-order chi connectivity index (χ0) is 30.5. The Hall–Kier alpha value is -5.30. The SMILES string of the molecule is CNC(=O)c1c(-c2ccc(F)cc2)oc2cc(N(C)S(C)(=O)=O)c(-c3ccc(OC)c(-c4cn5cccnc5n4)n3)cc12. The van der Waals surface area contributed by atoms with Gasteiger partial charge in [0.1, 0.15) is 34.3 Å². The Kier molecular flexibility index (Phi) is 6.81. The molecule has 0 atom stereocenters. The van der Waals surface area contributed by atoms with Crippen LogP contribution in [0.15, 0.2) is 77.6 Å². The Labute approximate surface area is 245 Å². The van der Waals surface area contributed by atoms with Crippen LogP contribution in [0.4, 0.5) is 10.1 Å². The van der Waals surface area contributed by atoms with Crippen molar-refractivity contribution < 1.29 is 26.8 Å². The fourth-order valence-corrected chi connectivity index (χ4v) is 5.33. The highest BCUT2D eigenvalue weighted by Crippen LogP contribution is 2.42. The number of halogens is 1. The van der Waals surface area contributed by atoms with Crippen LogP contribution in [0.3, 0.4) is 0 Å². The van der Waals surface area contributed by atoms with Crippen molar-refractivity contribution in [1.82, 2.24) is 24.7 Å². The second-order valence-corrected chi connectivity index (χ2v) is 11.7. The predicted molar refractivity (Wildman–Crippen MR) is 160 cm³/mol. The number of imidazole rings is 1. The fraction of sp³-hybridized carbons (Fsp3) is 0.133. The van der Waals surface area contributed by atoms with Crippen molar-refractivity contribution >= 4 is 38.4 Å². The number of carbonyl (C=O) groups excluding carboxylic acids is 1. The molecule has 4 aromatic heterocycles. The first kappa shape index (κ1) is 27.8. The molecule has 1 amide bonds. The van der Waals surface area contributed by atoms with Gasteiger partial charge in [0, 0.05) is 55.3 Å². The first-order valence-corrected chi connectivity index (χ1v) is 14.8. The number of methoxy groups -OCH3 is 1. The van der Waals surface area contributed by atoms with Gasteiger partial charge in [-0.1, -0.05) is 0 Å². The molecular weight excluding hydrogens is 575 g/mol. The highest BCUT2D eigenvalue weighted by molar-refractivity contribution is 7.92. The molecule has 218 valence electrons. The van der Waals surface area contributed by atoms with Gasteiger partial charge < -0.3 is 14.5 Å². The van der Waals surface area contributed by atoms with Crippen LogP contribution in [0, 0.1) is 5.82 Å². The molecule has 0 aliphatic carbocycles. The summed E-state index contributed by atoms with van der Waals surface area (Å²) in [6, 6.07) is 13.9. The molecule has 0 aliphatic rings. The van der Waals surface area contributed by atoms with Crippen LogP contribution in [-0.2, 0) is 10.0 Å². The number of nitrogens with one attached hydrogen (secondary N) is 1. The second kappa shape index (κ2) is 10.5. The quantitative estimate of drug-likeness (QED) is 0.277. The molecular formula is C30H25FN6O5S. The number of benzene rings is 2. The van der Waals surface area contributed by atoms with E-state index in [0.717, 1.165) is 10.6 Å². The summed E-state index contributed by atoms with van der Waals surface area (Å²) in [5, 5.41) is 3.04. The third-order valence-electron chi connectivity index (χ3n) is 7.04. The van der Waals surface area contributed by atoms with Gasteiger partial charge in [-0.15, -0.1) is 0 Å². The fourth-order valence-electron chi connectivity index (χ4n) is 4.82. The van der Waals surface area contributed by atoms with E-state index in [-0.39, 0.29) is 22.6 Å². The average molecular weight is 601 g/mol. The lowest BCUT2D eigenvalue weighted by Gasteiger charge is -2.20. The Morgan fingerprint density at radius 1 is 1.09 bits per heavy atom. The minimum atomic E-state index is -3.73. The van der Waals surface area contributed by atoms with Crippen molar-refractivity contribution in [3.63, 3.8) is 0 Å². The van der Waals surface area contributed by atoms with Crippen LogP contribution in [0.2, 0.25) is 0 Å². The number of sulfonamides is 1. The van der Waals surface area contributed by atoms with E-state index in [2.05, 4.69) is 15.3 Å². The summed E-state index contributed by atoms with van der Waals surface area (Å²) in [6.45, 7) is 0. The zero-order valence-corrected chi connectivity index (χ0v) is 24.3. The van der Waals surface area contributed by atoms with E-state index in [0.29, 0.717) is 45.1 Å². The summed E-state index contributed by atoms with van der Waals surface area (Å²) in [4.78, 5) is 26.9. The van der Waals surface area contributed by atoms with Gasteiger partial charge in [-0.2, -0.15) is 0 Å². The van der Waals surface area contributed by atoms with Crippen molar-refractivity contribution in [2.45, 2.75) is 0 Å². The highest BCUT2D eigenvalue weighted by Gasteiger charge is 2.27. The number of amides is 1. The summed E-state index contributed by atoms with van der Waals surface area (Å²) in [5.41, 5.74) is 2.89. The minimum Gasteiger partial charge on any atom is -0.494 e. The number of anilines is 1. The van der Waals surface area contributed by atoms with Gasteiger partial charge in [-0.3, -0.25) is 13.5 Å². The van der Waals surface area contributed by atoms with E-state index in [1.54, 1.807) is 53.3 Å². The van der Waals surface area contributed by atoms with Crippen LogP contribution in [-0.4, -0.2) is 61.1 Å². The van der Waals surface area contributed by atoms with Crippen molar-refractivity contribution in [3.8, 4) is 39.7 Å². The van der Waals surface area contributed by atoms with E-state index >= 15 is 0 Å². The van der Waals surface area contributed by atoms with E-state index in [9.17, 15) is 17.6 Å². The number of furan rings is 1. The molecule has 0 saturated carbocycles. The average Bonchev–Trinajstić information content (AvgIpc) is 3.61. The number of pyridine rings is 1. The number of carbonyl (C=O) groups is 1. The van der Waals surface area contributed by atoms with E-state index in [4.69, 9.17) is 14.1 Å². The van der Waals surface area contributed by atoms with E-state index in [1.807, 2.05) is 0 Å². The summed E-state index contributed by atoms with van der Waals surface area (Å²) in [5.74, 6) is 0.240. The first-order chi connectivity index (χ1) is 20.6. The smallest absolute Gasteiger partial charge is 0.255 e. The Morgan fingerprint density at radius 3 is 2.53 bits per heavy atom. The molecule has 0 unspecified atom stereocenters. The Morgan fingerprint density at radius 2 is 1.86 bits per heavy atom. The monoisotopic (exact) mass is 600 g/mol. The third kappa shape index (κ3) is 4.93. The molecule has 43 heavy (non-hydrogen) atoms. The van der Waals surface area contributed by atoms with Crippen molar-refractivity contribution in [1.29, 1.82) is 0 Å². The molecule has 0 fully saturated rings. The molecule has 1 N–H and O–H groups in total. The molecule has 0 aliphatic heterocycles. The summed E-state index contributed by atoms with van der Waals surface area (Å²) < 4.78 is 53.8. The van der Waals surface area contributed by atoms with Crippen LogP contribution >= 0.6 is 0 Å². The lowest BCUT2D eigenvalue weighted by Crippen LogP contribution is -2.25. The molecule has 6 rings (SSSR count). The molecule has 6 aromatic rings. The normalized spacial score (nSPS) is 11.7. The van der Waals surface area contributed by atoms with E-state index < -0.39 is 21.7 Å². The second-order valence-electron chi connectivity index (χ2n) is 9.69. The topological polar surface area (TPSA) is 132 Å². The maximum atomic E-state index is 13.7. The third-order valence-corrected chi connectivity index (χ3v) is 8.23. The maximum absolute atomic E-state index is 13.7. The maximum Gasteiger partial charge on any atom is 0.255 e. The van der Waals surface area contributed by atoms with Gasteiger partial charge in [0.05, 0.1) is 30.3 Å². The number of fused-ring (bicyclic) bond motifs is 2. The highest BCUT2D eigenvalue weighted by atomic mass is 32.2. The van der Waals surface area contributed by atoms with Crippen LogP contribution in [0.5, 0.6) is 5.75 Å². The first-order valence-electron chi connectivity index (χ1n) is 13.0. The molecule has 0 saturated heterocycles. The van der Waals surface area contributed by atoms with Gasteiger partial charge >= 0.3 is 0 Å². The molecule has 2 aromatic carbocycles. The number of rotatable bonds is 7. The van der Waals surface area contributed by atoms with Crippen molar-refractivity contribution in [2.24, 2.45) is 0 Å². The lowest BCUT2D eigenvalue weighted by molar-refractivity contribution is 0.0964. The van der Waals surface area contributed by atoms with Crippen LogP contribution in [0.1, 0.15) is 10.4 Å². The zero-order valence-electron chi connectivity index (χ0n) is 23.5. The van der Waals surface area contributed by atoms with Crippen LogP contribution < -0.4 is 14.4 Å². The van der Waals surface area contributed by atoms with Gasteiger partial charge in [0.25, 0.3) is 5.91 Å². The summed E-state index contributed by atoms with van der Waals surface area (Å²) in [7, 11) is 0.688. The number of aromatic nitrogens is 4. The summed E-state index contributed by atoms with van der Waals surface area (Å²) in [6.07, 6.45) is 6.28. The molecule has 13 heteroatoms. The van der Waals surface area contributed by atoms with Gasteiger partial charge in [0.15, 0.2) is 0 Å². The standard InChI is InChI=1S/C30H25FN6O5S/c1-32-29(38)26-20-14-19(21-10-11-24(41-3)27(34-21)22-16-37-13-5-12-33-30(37)35-22)23(36(2)43(4,39)40)15-25(20)42-28(26)17-6-8-18(31)9-7-17/h5-16H,1-4H3,(H,32,38). The van der Waals surface area contributed by atoms with Gasteiger partial charge in [-0.05, 0) is 48.5 Å². The molecule has 11 nitrogen and oxygen atoms in total. The van der Waals surface area contributed by atoms with E-state index in [1.165, 1.54) is 45.5 Å². The summed E-state index contributed by atoms with van der Waals surface area (Å²) >= 11 is 0. The number of nitrogens with zero attached hydrogens (tertiary/aromatic N) is 5. The molecule has 4 heterocycles. The molecule has 0 bridgehead atoms. The minimum absolute atomic E-state index is 0.207. The molecule has 0 radical (unpaired) electrons. The molecule has 0 spiro atoms. The van der Waals surface area contributed by atoms with Gasteiger partial charge in [-0.25, -0.2) is 27.8 Å². The van der Waals surface area contributed by atoms with Gasteiger partial charge in [0.2, 0.25) is 15.8 Å². The number of ether oxygens (including phenoxy) is 1. The number of hydrogen-bond acceptors (Lipinski definition) is 8. The number of hydrogen-bond donors (Lipinski definition) is 1. The lowest BCUT2D eigenvalue weighted by atomic mass is 10.0.